The number of hydrogen-bond acceptors (Lipinski definition) is 5. The number of aromatic nitrogens is 3. The van der Waals surface area contributed by atoms with Crippen molar-refractivity contribution in [3.8, 4) is 0 Å². The van der Waals surface area contributed by atoms with Crippen LogP contribution in [0.1, 0.15) is 18.4 Å². The Balaban J connectivity index is 1.63. The number of nitrogens with zero attached hydrogens (tertiary/aromatic N) is 5. The standard InChI is InChI=1S/C14H21N5S/c1-11-10-20-14(16-11)19-7-6-18(8-12(19)2)9-13-15-4-5-17(13)3/h4-5,10,12H,6-9H2,1-3H3/t12-/m1/s1. The van der Waals surface area contributed by atoms with Crippen LogP contribution in [0.3, 0.4) is 0 Å². The van der Waals surface area contributed by atoms with Gasteiger partial charge in [0.25, 0.3) is 0 Å². The molecule has 0 saturated carbocycles. The minimum Gasteiger partial charge on any atom is -0.343 e. The number of imidazole rings is 1. The van der Waals surface area contributed by atoms with Crippen LogP contribution in [0, 0.1) is 6.92 Å². The van der Waals surface area contributed by atoms with Crippen molar-refractivity contribution >= 4 is 16.5 Å². The normalized spacial score (nSPS) is 20.6. The van der Waals surface area contributed by atoms with Gasteiger partial charge in [0, 0.05) is 50.5 Å². The molecule has 0 N–H and O–H groups in total. The summed E-state index contributed by atoms with van der Waals surface area (Å²) in [4.78, 5) is 13.9. The zero-order valence-electron chi connectivity index (χ0n) is 12.3. The highest BCUT2D eigenvalue weighted by Gasteiger charge is 2.26. The molecule has 5 nitrogen and oxygen atoms in total. The highest BCUT2D eigenvalue weighted by atomic mass is 32.1. The molecule has 0 bridgehead atoms. The Morgan fingerprint density at radius 1 is 1.40 bits per heavy atom. The lowest BCUT2D eigenvalue weighted by molar-refractivity contribution is 0.214. The van der Waals surface area contributed by atoms with Crippen molar-refractivity contribution in [2.24, 2.45) is 7.05 Å². The first-order valence-electron chi connectivity index (χ1n) is 7.01. The number of rotatable bonds is 3. The lowest BCUT2D eigenvalue weighted by atomic mass is 10.2. The van der Waals surface area contributed by atoms with Gasteiger partial charge in [-0.25, -0.2) is 9.97 Å². The topological polar surface area (TPSA) is 37.2 Å². The first kappa shape index (κ1) is 13.6. The van der Waals surface area contributed by atoms with E-state index in [9.17, 15) is 0 Å². The van der Waals surface area contributed by atoms with Crippen molar-refractivity contribution in [2.45, 2.75) is 26.4 Å². The summed E-state index contributed by atoms with van der Waals surface area (Å²) < 4.78 is 2.10. The van der Waals surface area contributed by atoms with E-state index in [1.54, 1.807) is 11.3 Å². The minimum atomic E-state index is 0.495. The number of anilines is 1. The molecular weight excluding hydrogens is 270 g/mol. The number of hydrogen-bond donors (Lipinski definition) is 0. The van der Waals surface area contributed by atoms with Crippen LogP contribution in [-0.2, 0) is 13.6 Å². The molecule has 3 heterocycles. The molecule has 1 saturated heterocycles. The van der Waals surface area contributed by atoms with E-state index in [2.05, 4.69) is 50.6 Å². The smallest absolute Gasteiger partial charge is 0.185 e. The van der Waals surface area contributed by atoms with E-state index in [1.807, 2.05) is 12.4 Å². The second-order valence-corrected chi connectivity index (χ2v) is 6.34. The first-order valence-corrected chi connectivity index (χ1v) is 7.89. The molecule has 0 spiro atoms. The molecule has 0 amide bonds. The summed E-state index contributed by atoms with van der Waals surface area (Å²) in [6, 6.07) is 0.495. The van der Waals surface area contributed by atoms with E-state index >= 15 is 0 Å². The predicted octanol–water partition coefficient (Wildman–Crippen LogP) is 1.90. The van der Waals surface area contributed by atoms with E-state index in [0.717, 1.165) is 42.8 Å². The number of thiazole rings is 1. The van der Waals surface area contributed by atoms with Crippen LogP contribution in [-0.4, -0.2) is 45.1 Å². The van der Waals surface area contributed by atoms with E-state index in [4.69, 9.17) is 0 Å². The zero-order valence-corrected chi connectivity index (χ0v) is 13.1. The monoisotopic (exact) mass is 291 g/mol. The van der Waals surface area contributed by atoms with Gasteiger partial charge < -0.3 is 9.47 Å². The van der Waals surface area contributed by atoms with Gasteiger partial charge in [0.2, 0.25) is 0 Å². The number of piperazine rings is 1. The van der Waals surface area contributed by atoms with Gasteiger partial charge in [-0.2, -0.15) is 0 Å². The fourth-order valence-corrected chi connectivity index (χ4v) is 3.62. The highest BCUT2D eigenvalue weighted by molar-refractivity contribution is 7.13. The van der Waals surface area contributed by atoms with Crippen LogP contribution < -0.4 is 4.90 Å². The first-order chi connectivity index (χ1) is 9.63. The van der Waals surface area contributed by atoms with E-state index in [0.29, 0.717) is 6.04 Å². The van der Waals surface area contributed by atoms with Crippen LogP contribution in [0.15, 0.2) is 17.8 Å². The van der Waals surface area contributed by atoms with Gasteiger partial charge in [0.1, 0.15) is 5.82 Å². The largest absolute Gasteiger partial charge is 0.343 e. The fourth-order valence-electron chi connectivity index (χ4n) is 2.68. The lowest BCUT2D eigenvalue weighted by Crippen LogP contribution is -2.51. The Kier molecular flexibility index (Phi) is 3.76. The van der Waals surface area contributed by atoms with Crippen LogP contribution in [0.2, 0.25) is 0 Å². The van der Waals surface area contributed by atoms with Gasteiger partial charge in [0.05, 0.1) is 12.2 Å². The van der Waals surface area contributed by atoms with Crippen LogP contribution >= 0.6 is 11.3 Å². The van der Waals surface area contributed by atoms with Gasteiger partial charge in [-0.1, -0.05) is 0 Å². The third kappa shape index (κ3) is 2.71. The van der Waals surface area contributed by atoms with Gasteiger partial charge in [0.15, 0.2) is 5.13 Å². The molecular formula is C14H21N5S. The Bertz CT molecular complexity index is 576. The second-order valence-electron chi connectivity index (χ2n) is 5.50. The molecule has 2 aromatic rings. The molecule has 0 aliphatic carbocycles. The Morgan fingerprint density at radius 2 is 2.25 bits per heavy atom. The van der Waals surface area contributed by atoms with E-state index in [1.165, 1.54) is 0 Å². The predicted molar refractivity (Wildman–Crippen MR) is 82.1 cm³/mol. The molecule has 1 fully saturated rings. The third-order valence-electron chi connectivity index (χ3n) is 3.85. The maximum absolute atomic E-state index is 4.61. The van der Waals surface area contributed by atoms with Crippen molar-refractivity contribution < 1.29 is 0 Å². The van der Waals surface area contributed by atoms with Gasteiger partial charge in [-0.05, 0) is 13.8 Å². The maximum atomic E-state index is 4.61. The summed E-state index contributed by atoms with van der Waals surface area (Å²) >= 11 is 1.75. The molecule has 6 heteroatoms. The lowest BCUT2D eigenvalue weighted by Gasteiger charge is -2.39. The summed E-state index contributed by atoms with van der Waals surface area (Å²) in [5.74, 6) is 1.13. The van der Waals surface area contributed by atoms with Crippen LogP contribution in [0.4, 0.5) is 5.13 Å². The molecule has 0 radical (unpaired) electrons. The molecule has 108 valence electrons. The minimum absolute atomic E-state index is 0.495. The summed E-state index contributed by atoms with van der Waals surface area (Å²) in [5, 5.41) is 3.29. The summed E-state index contributed by atoms with van der Waals surface area (Å²) in [7, 11) is 2.06. The fraction of sp³-hybridized carbons (Fsp3) is 0.571. The van der Waals surface area contributed by atoms with Crippen molar-refractivity contribution in [1.82, 2.24) is 19.4 Å². The van der Waals surface area contributed by atoms with Crippen LogP contribution in [0.25, 0.3) is 0 Å². The molecule has 0 unspecified atom stereocenters. The Morgan fingerprint density at radius 3 is 2.85 bits per heavy atom. The summed E-state index contributed by atoms with van der Waals surface area (Å²) in [6.07, 6.45) is 3.88. The molecule has 20 heavy (non-hydrogen) atoms. The highest BCUT2D eigenvalue weighted by Crippen LogP contribution is 2.24. The van der Waals surface area contributed by atoms with Crippen molar-refractivity contribution in [2.75, 3.05) is 24.5 Å². The van der Waals surface area contributed by atoms with E-state index in [-0.39, 0.29) is 0 Å². The maximum Gasteiger partial charge on any atom is 0.185 e. The molecule has 1 aliphatic rings. The van der Waals surface area contributed by atoms with Crippen molar-refractivity contribution in [1.29, 1.82) is 0 Å². The average molecular weight is 291 g/mol. The quantitative estimate of drug-likeness (QED) is 0.865. The zero-order chi connectivity index (χ0) is 14.1. The van der Waals surface area contributed by atoms with Crippen molar-refractivity contribution in [3.05, 3.63) is 29.3 Å². The molecule has 0 aromatic carbocycles. The van der Waals surface area contributed by atoms with Gasteiger partial charge in [-0.15, -0.1) is 11.3 Å². The van der Waals surface area contributed by atoms with E-state index < -0.39 is 0 Å². The van der Waals surface area contributed by atoms with Crippen LogP contribution in [0.5, 0.6) is 0 Å². The van der Waals surface area contributed by atoms with Gasteiger partial charge >= 0.3 is 0 Å². The molecule has 1 atom stereocenters. The van der Waals surface area contributed by atoms with Crippen molar-refractivity contribution in [3.63, 3.8) is 0 Å². The summed E-state index contributed by atoms with van der Waals surface area (Å²) in [5.41, 5.74) is 1.12. The molecule has 1 aliphatic heterocycles. The third-order valence-corrected chi connectivity index (χ3v) is 4.85. The molecule has 2 aromatic heterocycles. The Labute approximate surface area is 123 Å². The SMILES string of the molecule is Cc1csc(N2CCN(Cc3nccn3C)C[C@H]2C)n1. The van der Waals surface area contributed by atoms with Gasteiger partial charge in [-0.3, -0.25) is 4.90 Å². The molecule has 3 rings (SSSR count). The number of aryl methyl sites for hydroxylation is 2. The average Bonchev–Trinajstić information content (AvgIpc) is 3.00. The Hall–Kier alpha value is -1.40. The summed E-state index contributed by atoms with van der Waals surface area (Å²) in [6.45, 7) is 8.43. The second kappa shape index (κ2) is 5.54.